The molecule has 0 radical (unpaired) electrons. The molecule has 0 spiro atoms. The SMILES string of the molecule is COCC(NS(=O)(=O)c1ccc2c(c1)CNC2)C(C)C. The average Bonchev–Trinajstić information content (AvgIpc) is 2.85. The van der Waals surface area contributed by atoms with Crippen LogP contribution >= 0.6 is 0 Å². The van der Waals surface area contributed by atoms with Gasteiger partial charge in [0.05, 0.1) is 11.5 Å². The second kappa shape index (κ2) is 6.22. The third kappa shape index (κ3) is 3.38. The minimum atomic E-state index is -3.51. The van der Waals surface area contributed by atoms with Crippen molar-refractivity contribution in [3.8, 4) is 0 Å². The van der Waals surface area contributed by atoms with Gasteiger partial charge >= 0.3 is 0 Å². The minimum Gasteiger partial charge on any atom is -0.383 e. The summed E-state index contributed by atoms with van der Waals surface area (Å²) in [6, 6.07) is 5.07. The smallest absolute Gasteiger partial charge is 0.240 e. The van der Waals surface area contributed by atoms with Crippen LogP contribution in [-0.4, -0.2) is 28.2 Å². The summed E-state index contributed by atoms with van der Waals surface area (Å²) in [5.41, 5.74) is 2.22. The molecular formula is C14H22N2O3S. The van der Waals surface area contributed by atoms with Gasteiger partial charge in [-0.1, -0.05) is 19.9 Å². The van der Waals surface area contributed by atoms with Crippen LogP contribution in [-0.2, 0) is 27.8 Å². The number of benzene rings is 1. The molecule has 1 atom stereocenters. The van der Waals surface area contributed by atoms with Gasteiger partial charge < -0.3 is 10.1 Å². The predicted molar refractivity (Wildman–Crippen MR) is 77.8 cm³/mol. The van der Waals surface area contributed by atoms with Gasteiger partial charge in [0.1, 0.15) is 0 Å². The Hall–Kier alpha value is -0.950. The van der Waals surface area contributed by atoms with Crippen molar-refractivity contribution in [3.05, 3.63) is 29.3 Å². The molecule has 1 aromatic carbocycles. The number of fused-ring (bicyclic) bond motifs is 1. The summed E-state index contributed by atoms with van der Waals surface area (Å²) >= 11 is 0. The van der Waals surface area contributed by atoms with Crippen LogP contribution in [0.4, 0.5) is 0 Å². The fourth-order valence-corrected chi connectivity index (χ4v) is 3.67. The summed E-state index contributed by atoms with van der Waals surface area (Å²) < 4.78 is 32.7. The van der Waals surface area contributed by atoms with Crippen LogP contribution in [0, 0.1) is 5.92 Å². The summed E-state index contributed by atoms with van der Waals surface area (Å²) in [6.07, 6.45) is 0. The number of nitrogens with one attached hydrogen (secondary N) is 2. The highest BCUT2D eigenvalue weighted by atomic mass is 32.2. The fraction of sp³-hybridized carbons (Fsp3) is 0.571. The third-order valence-electron chi connectivity index (χ3n) is 3.58. The lowest BCUT2D eigenvalue weighted by atomic mass is 10.1. The van der Waals surface area contributed by atoms with Crippen molar-refractivity contribution in [3.63, 3.8) is 0 Å². The zero-order valence-corrected chi connectivity index (χ0v) is 13.0. The molecule has 0 bridgehead atoms. The molecule has 20 heavy (non-hydrogen) atoms. The van der Waals surface area contributed by atoms with Gasteiger partial charge in [-0.3, -0.25) is 0 Å². The van der Waals surface area contributed by atoms with Crippen LogP contribution in [0.25, 0.3) is 0 Å². The van der Waals surface area contributed by atoms with E-state index in [1.807, 2.05) is 19.9 Å². The first kappa shape index (κ1) is 15.4. The summed E-state index contributed by atoms with van der Waals surface area (Å²) in [7, 11) is -1.93. The Labute approximate surface area is 120 Å². The van der Waals surface area contributed by atoms with Crippen LogP contribution in [0.2, 0.25) is 0 Å². The van der Waals surface area contributed by atoms with Crippen LogP contribution in [0.1, 0.15) is 25.0 Å². The van der Waals surface area contributed by atoms with Crippen LogP contribution in [0.3, 0.4) is 0 Å². The standard InChI is InChI=1S/C14H22N2O3S/c1-10(2)14(9-19-3)16-20(17,18)13-5-4-11-7-15-8-12(11)6-13/h4-6,10,14-16H,7-9H2,1-3H3. The summed E-state index contributed by atoms with van der Waals surface area (Å²) in [6.45, 7) is 5.84. The van der Waals surface area contributed by atoms with E-state index in [0.29, 0.717) is 11.5 Å². The molecule has 112 valence electrons. The lowest BCUT2D eigenvalue weighted by molar-refractivity contribution is 0.157. The Balaban J connectivity index is 2.21. The quantitative estimate of drug-likeness (QED) is 0.829. The normalized spacial score (nSPS) is 16.4. The lowest BCUT2D eigenvalue weighted by Crippen LogP contribution is -2.41. The molecule has 0 amide bonds. The molecule has 1 aliphatic rings. The largest absolute Gasteiger partial charge is 0.383 e. The monoisotopic (exact) mass is 298 g/mol. The Morgan fingerprint density at radius 3 is 2.65 bits per heavy atom. The van der Waals surface area contributed by atoms with Gasteiger partial charge in [0, 0.05) is 26.2 Å². The molecule has 0 fully saturated rings. The summed E-state index contributed by atoms with van der Waals surface area (Å²) in [4.78, 5) is 0.321. The Kier molecular flexibility index (Phi) is 4.80. The van der Waals surface area contributed by atoms with Gasteiger partial charge in [-0.15, -0.1) is 0 Å². The van der Waals surface area contributed by atoms with E-state index in [9.17, 15) is 8.42 Å². The van der Waals surface area contributed by atoms with Gasteiger partial charge in [-0.05, 0) is 29.2 Å². The molecule has 0 aromatic heterocycles. The lowest BCUT2D eigenvalue weighted by Gasteiger charge is -2.21. The minimum absolute atomic E-state index is 0.167. The maximum Gasteiger partial charge on any atom is 0.240 e. The fourth-order valence-electron chi connectivity index (χ4n) is 2.25. The van der Waals surface area contributed by atoms with E-state index in [1.54, 1.807) is 19.2 Å². The summed E-state index contributed by atoms with van der Waals surface area (Å²) in [5, 5.41) is 3.21. The van der Waals surface area contributed by atoms with Gasteiger partial charge in [0.2, 0.25) is 10.0 Å². The molecule has 0 aliphatic carbocycles. The van der Waals surface area contributed by atoms with Gasteiger partial charge in [-0.25, -0.2) is 13.1 Å². The number of methoxy groups -OCH3 is 1. The van der Waals surface area contributed by atoms with Crippen molar-refractivity contribution >= 4 is 10.0 Å². The van der Waals surface area contributed by atoms with Gasteiger partial charge in [-0.2, -0.15) is 0 Å². The highest BCUT2D eigenvalue weighted by Crippen LogP contribution is 2.20. The van der Waals surface area contributed by atoms with E-state index in [2.05, 4.69) is 10.0 Å². The molecule has 2 N–H and O–H groups in total. The van der Waals surface area contributed by atoms with Crippen molar-refractivity contribution < 1.29 is 13.2 Å². The first-order valence-corrected chi connectivity index (χ1v) is 8.26. The first-order chi connectivity index (χ1) is 9.44. The highest BCUT2D eigenvalue weighted by Gasteiger charge is 2.23. The topological polar surface area (TPSA) is 67.4 Å². The second-order valence-corrected chi connectivity index (χ2v) is 7.18. The second-order valence-electron chi connectivity index (χ2n) is 5.46. The first-order valence-electron chi connectivity index (χ1n) is 6.78. The highest BCUT2D eigenvalue weighted by molar-refractivity contribution is 7.89. The van der Waals surface area contributed by atoms with Crippen LogP contribution in [0.5, 0.6) is 0 Å². The molecule has 1 aromatic rings. The third-order valence-corrected chi connectivity index (χ3v) is 5.06. The van der Waals surface area contributed by atoms with Crippen molar-refractivity contribution in [2.45, 2.75) is 37.9 Å². The molecule has 1 unspecified atom stereocenters. The number of sulfonamides is 1. The molecular weight excluding hydrogens is 276 g/mol. The molecule has 1 heterocycles. The molecule has 0 saturated carbocycles. The van der Waals surface area contributed by atoms with Crippen LogP contribution < -0.4 is 10.0 Å². The van der Waals surface area contributed by atoms with E-state index in [-0.39, 0.29) is 12.0 Å². The van der Waals surface area contributed by atoms with E-state index in [0.717, 1.165) is 18.7 Å². The molecule has 2 rings (SSSR count). The Morgan fingerprint density at radius 2 is 2.00 bits per heavy atom. The molecule has 6 heteroatoms. The van der Waals surface area contributed by atoms with Gasteiger partial charge in [0.15, 0.2) is 0 Å². The Morgan fingerprint density at radius 1 is 1.30 bits per heavy atom. The molecule has 1 aliphatic heterocycles. The molecule has 0 saturated heterocycles. The maximum atomic E-state index is 12.4. The number of rotatable bonds is 6. The van der Waals surface area contributed by atoms with Gasteiger partial charge in [0.25, 0.3) is 0 Å². The van der Waals surface area contributed by atoms with Crippen molar-refractivity contribution in [2.24, 2.45) is 5.92 Å². The van der Waals surface area contributed by atoms with E-state index in [4.69, 9.17) is 4.74 Å². The zero-order chi connectivity index (χ0) is 14.8. The average molecular weight is 298 g/mol. The van der Waals surface area contributed by atoms with Crippen molar-refractivity contribution in [2.75, 3.05) is 13.7 Å². The predicted octanol–water partition coefficient (Wildman–Crippen LogP) is 1.24. The van der Waals surface area contributed by atoms with Crippen molar-refractivity contribution in [1.29, 1.82) is 0 Å². The van der Waals surface area contributed by atoms with E-state index >= 15 is 0 Å². The summed E-state index contributed by atoms with van der Waals surface area (Å²) in [5.74, 6) is 0.167. The Bertz CT molecular complexity index is 570. The van der Waals surface area contributed by atoms with E-state index in [1.165, 1.54) is 5.56 Å². The van der Waals surface area contributed by atoms with E-state index < -0.39 is 10.0 Å². The number of hydrogen-bond donors (Lipinski definition) is 2. The van der Waals surface area contributed by atoms with Crippen LogP contribution in [0.15, 0.2) is 23.1 Å². The molecule has 5 nitrogen and oxygen atoms in total. The zero-order valence-electron chi connectivity index (χ0n) is 12.1. The van der Waals surface area contributed by atoms with Crippen molar-refractivity contribution in [1.82, 2.24) is 10.0 Å². The number of ether oxygens (including phenoxy) is 1. The maximum absolute atomic E-state index is 12.4. The number of hydrogen-bond acceptors (Lipinski definition) is 4.